The minimum absolute atomic E-state index is 0.713. The number of nitriles is 1. The topological polar surface area (TPSA) is 23.8 Å². The van der Waals surface area contributed by atoms with Crippen molar-refractivity contribution in [2.45, 2.75) is 45.4 Å². The van der Waals surface area contributed by atoms with Crippen molar-refractivity contribution in [3.05, 3.63) is 35.4 Å². The number of hydrogen-bond acceptors (Lipinski definition) is 1. The summed E-state index contributed by atoms with van der Waals surface area (Å²) in [5, 5.41) is 8.39. The van der Waals surface area contributed by atoms with E-state index in [9.17, 15) is 0 Å². The van der Waals surface area contributed by atoms with Crippen LogP contribution in [-0.4, -0.2) is 0 Å². The largest absolute Gasteiger partial charge is 0.198 e. The molecule has 0 unspecified atom stereocenters. The summed E-state index contributed by atoms with van der Waals surface area (Å²) >= 11 is 0. The van der Waals surface area contributed by atoms with Gasteiger partial charge in [-0.1, -0.05) is 37.1 Å². The summed E-state index contributed by atoms with van der Waals surface area (Å²) in [7, 11) is 0. The Balaban J connectivity index is 2.16. The summed E-state index contributed by atoms with van der Waals surface area (Å²) < 4.78 is 0. The molecule has 1 aromatic rings. The zero-order chi connectivity index (χ0) is 10.9. The molecular weight excluding hydrogens is 182 g/mol. The molecule has 15 heavy (non-hydrogen) atoms. The van der Waals surface area contributed by atoms with Gasteiger partial charge in [-0.2, -0.15) is 5.26 Å². The van der Waals surface area contributed by atoms with E-state index in [0.717, 1.165) is 6.42 Å². The van der Waals surface area contributed by atoms with Crippen molar-refractivity contribution in [3.8, 4) is 6.07 Å². The second-order valence-corrected chi connectivity index (χ2v) is 4.00. The van der Waals surface area contributed by atoms with E-state index in [1.54, 1.807) is 0 Å². The highest BCUT2D eigenvalue weighted by atomic mass is 14.2. The van der Waals surface area contributed by atoms with E-state index in [-0.39, 0.29) is 0 Å². The Labute approximate surface area is 92.7 Å². The molecule has 1 heteroatoms. The van der Waals surface area contributed by atoms with Crippen LogP contribution < -0.4 is 0 Å². The SMILES string of the molecule is Cc1ccccc1CCCCCCC#N. The first-order valence-corrected chi connectivity index (χ1v) is 5.76. The van der Waals surface area contributed by atoms with Crippen molar-refractivity contribution in [2.75, 3.05) is 0 Å². The summed E-state index contributed by atoms with van der Waals surface area (Å²) in [5.74, 6) is 0. The van der Waals surface area contributed by atoms with E-state index in [0.29, 0.717) is 6.42 Å². The summed E-state index contributed by atoms with van der Waals surface area (Å²) in [4.78, 5) is 0. The lowest BCUT2D eigenvalue weighted by Gasteiger charge is -2.04. The van der Waals surface area contributed by atoms with E-state index in [1.165, 1.54) is 36.8 Å². The van der Waals surface area contributed by atoms with Crippen LogP contribution in [0, 0.1) is 18.3 Å². The Kier molecular flexibility index (Phi) is 5.55. The molecule has 1 rings (SSSR count). The molecule has 0 radical (unpaired) electrons. The molecule has 0 bridgehead atoms. The fraction of sp³-hybridized carbons (Fsp3) is 0.500. The van der Waals surface area contributed by atoms with Gasteiger partial charge in [0.15, 0.2) is 0 Å². The van der Waals surface area contributed by atoms with Gasteiger partial charge >= 0.3 is 0 Å². The molecule has 0 spiro atoms. The van der Waals surface area contributed by atoms with Crippen LogP contribution in [0.1, 0.15) is 43.2 Å². The highest BCUT2D eigenvalue weighted by molar-refractivity contribution is 5.25. The van der Waals surface area contributed by atoms with E-state index >= 15 is 0 Å². The molecule has 0 N–H and O–H groups in total. The van der Waals surface area contributed by atoms with Gasteiger partial charge in [0.2, 0.25) is 0 Å². The fourth-order valence-corrected chi connectivity index (χ4v) is 1.76. The van der Waals surface area contributed by atoms with E-state index < -0.39 is 0 Å². The summed E-state index contributed by atoms with van der Waals surface area (Å²) in [6.07, 6.45) is 6.64. The van der Waals surface area contributed by atoms with Gasteiger partial charge in [-0.05, 0) is 37.3 Å². The molecule has 0 amide bonds. The van der Waals surface area contributed by atoms with Gasteiger partial charge in [0.25, 0.3) is 0 Å². The predicted octanol–water partition coefficient (Wildman–Crippen LogP) is 4.01. The number of aryl methyl sites for hydroxylation is 2. The van der Waals surface area contributed by atoms with Gasteiger partial charge in [0.05, 0.1) is 6.07 Å². The third-order valence-corrected chi connectivity index (χ3v) is 2.75. The average Bonchev–Trinajstić information content (AvgIpc) is 2.25. The maximum absolute atomic E-state index is 8.39. The third kappa shape index (κ3) is 4.65. The zero-order valence-electron chi connectivity index (χ0n) is 9.50. The van der Waals surface area contributed by atoms with Crippen LogP contribution in [0.5, 0.6) is 0 Å². The van der Waals surface area contributed by atoms with Crippen LogP contribution in [0.15, 0.2) is 24.3 Å². The van der Waals surface area contributed by atoms with Gasteiger partial charge in [0, 0.05) is 6.42 Å². The Morgan fingerprint density at radius 2 is 1.80 bits per heavy atom. The van der Waals surface area contributed by atoms with Crippen LogP contribution >= 0.6 is 0 Å². The molecule has 0 heterocycles. The number of rotatable bonds is 6. The van der Waals surface area contributed by atoms with Gasteiger partial charge in [-0.25, -0.2) is 0 Å². The van der Waals surface area contributed by atoms with Crippen molar-refractivity contribution in [2.24, 2.45) is 0 Å². The molecule has 1 nitrogen and oxygen atoms in total. The minimum atomic E-state index is 0.713. The molecule has 0 aliphatic carbocycles. The maximum atomic E-state index is 8.39. The molecule has 0 aliphatic rings. The average molecular weight is 201 g/mol. The number of unbranched alkanes of at least 4 members (excludes halogenated alkanes) is 4. The van der Waals surface area contributed by atoms with Crippen LogP contribution in [0.4, 0.5) is 0 Å². The number of nitrogens with zero attached hydrogens (tertiary/aromatic N) is 1. The third-order valence-electron chi connectivity index (χ3n) is 2.75. The molecule has 1 aromatic carbocycles. The molecule has 0 fully saturated rings. The molecule has 0 saturated heterocycles. The first kappa shape index (κ1) is 11.8. The highest BCUT2D eigenvalue weighted by Crippen LogP contribution is 2.12. The van der Waals surface area contributed by atoms with Crippen LogP contribution in [-0.2, 0) is 6.42 Å². The van der Waals surface area contributed by atoms with E-state index in [2.05, 4.69) is 37.3 Å². The van der Waals surface area contributed by atoms with Crippen LogP contribution in [0.25, 0.3) is 0 Å². The Morgan fingerprint density at radius 3 is 2.53 bits per heavy atom. The van der Waals surface area contributed by atoms with E-state index in [1.807, 2.05) is 0 Å². The van der Waals surface area contributed by atoms with Crippen molar-refractivity contribution < 1.29 is 0 Å². The molecule has 0 saturated carbocycles. The lowest BCUT2D eigenvalue weighted by molar-refractivity contribution is 0.648. The highest BCUT2D eigenvalue weighted by Gasteiger charge is 1.96. The second kappa shape index (κ2) is 7.06. The van der Waals surface area contributed by atoms with E-state index in [4.69, 9.17) is 5.26 Å². The second-order valence-electron chi connectivity index (χ2n) is 4.00. The van der Waals surface area contributed by atoms with Gasteiger partial charge in [-0.15, -0.1) is 0 Å². The van der Waals surface area contributed by atoms with Crippen molar-refractivity contribution in [1.82, 2.24) is 0 Å². The van der Waals surface area contributed by atoms with Gasteiger partial charge < -0.3 is 0 Å². The normalized spacial score (nSPS) is 9.87. The lowest BCUT2D eigenvalue weighted by atomic mass is 10.0. The number of benzene rings is 1. The molecular formula is C14H19N. The van der Waals surface area contributed by atoms with Crippen LogP contribution in [0.3, 0.4) is 0 Å². The van der Waals surface area contributed by atoms with Gasteiger partial charge in [0.1, 0.15) is 0 Å². The first-order valence-electron chi connectivity index (χ1n) is 5.76. The van der Waals surface area contributed by atoms with Crippen molar-refractivity contribution in [1.29, 1.82) is 5.26 Å². The minimum Gasteiger partial charge on any atom is -0.198 e. The molecule has 0 aliphatic heterocycles. The Hall–Kier alpha value is -1.29. The Morgan fingerprint density at radius 1 is 1.07 bits per heavy atom. The molecule has 0 aromatic heterocycles. The van der Waals surface area contributed by atoms with Crippen LogP contribution in [0.2, 0.25) is 0 Å². The monoisotopic (exact) mass is 201 g/mol. The predicted molar refractivity (Wildman–Crippen MR) is 63.6 cm³/mol. The summed E-state index contributed by atoms with van der Waals surface area (Å²) in [6, 6.07) is 10.8. The quantitative estimate of drug-likeness (QED) is 0.638. The maximum Gasteiger partial charge on any atom is 0.0621 e. The Bertz CT molecular complexity index is 322. The standard InChI is InChI=1S/C14H19N/c1-13-9-6-7-11-14(13)10-5-3-2-4-8-12-15/h6-7,9,11H,2-5,8,10H2,1H3. The lowest BCUT2D eigenvalue weighted by Crippen LogP contribution is -1.89. The van der Waals surface area contributed by atoms with Crippen molar-refractivity contribution in [3.63, 3.8) is 0 Å². The number of hydrogen-bond donors (Lipinski definition) is 0. The smallest absolute Gasteiger partial charge is 0.0621 e. The molecule has 80 valence electrons. The fourth-order valence-electron chi connectivity index (χ4n) is 1.76. The summed E-state index contributed by atoms with van der Waals surface area (Å²) in [5.41, 5.74) is 2.87. The first-order chi connectivity index (χ1) is 7.34. The molecule has 0 atom stereocenters. The van der Waals surface area contributed by atoms with Crippen molar-refractivity contribution >= 4 is 0 Å². The zero-order valence-corrected chi connectivity index (χ0v) is 9.50. The van der Waals surface area contributed by atoms with Gasteiger partial charge in [-0.3, -0.25) is 0 Å². The summed E-state index contributed by atoms with van der Waals surface area (Å²) in [6.45, 7) is 2.17.